The first-order valence-electron chi connectivity index (χ1n) is 10.9. The van der Waals surface area contributed by atoms with Crippen LogP contribution in [0, 0.1) is 5.92 Å². The number of ether oxygens (including phenoxy) is 1. The third-order valence-corrected chi connectivity index (χ3v) is 6.99. The van der Waals surface area contributed by atoms with Crippen LogP contribution in [0.25, 0.3) is 0 Å². The van der Waals surface area contributed by atoms with E-state index < -0.39 is 12.1 Å². The summed E-state index contributed by atoms with van der Waals surface area (Å²) in [7, 11) is 0. The zero-order valence-corrected chi connectivity index (χ0v) is 19.2. The Bertz CT molecular complexity index is 855. The van der Waals surface area contributed by atoms with Gasteiger partial charge in [0, 0.05) is 16.7 Å². The Hall–Kier alpha value is -1.75. The second-order valence-electron chi connectivity index (χ2n) is 8.32. The van der Waals surface area contributed by atoms with Crippen molar-refractivity contribution < 1.29 is 19.7 Å². The fourth-order valence-electron chi connectivity index (χ4n) is 4.42. The molecule has 0 amide bonds. The van der Waals surface area contributed by atoms with Crippen molar-refractivity contribution in [3.05, 3.63) is 65.2 Å². The molecule has 31 heavy (non-hydrogen) atoms. The molecule has 0 aromatic heterocycles. The molecule has 0 heterocycles. The number of halogens is 2. The summed E-state index contributed by atoms with van der Waals surface area (Å²) in [4.78, 5) is 10.8. The summed E-state index contributed by atoms with van der Waals surface area (Å²) >= 11 is 13.4. The molecule has 1 saturated carbocycles. The van der Waals surface area contributed by atoms with Crippen molar-refractivity contribution in [1.82, 2.24) is 0 Å². The Morgan fingerprint density at radius 3 is 2.58 bits per heavy atom. The Balaban J connectivity index is 1.74. The van der Waals surface area contributed by atoms with Gasteiger partial charge in [0.05, 0.1) is 6.10 Å². The molecule has 0 radical (unpaired) electrons. The van der Waals surface area contributed by atoms with E-state index in [0.717, 1.165) is 48.8 Å². The molecule has 1 fully saturated rings. The Labute approximate surface area is 194 Å². The molecule has 0 aliphatic heterocycles. The van der Waals surface area contributed by atoms with E-state index in [1.54, 1.807) is 6.07 Å². The number of carboxylic acid groups (broad SMARTS) is 1. The van der Waals surface area contributed by atoms with Crippen LogP contribution < -0.4 is 4.74 Å². The highest BCUT2D eigenvalue weighted by atomic mass is 35.5. The highest BCUT2D eigenvalue weighted by molar-refractivity contribution is 6.25. The number of hydrogen-bond acceptors (Lipinski definition) is 3. The van der Waals surface area contributed by atoms with Gasteiger partial charge in [0.25, 0.3) is 0 Å². The van der Waals surface area contributed by atoms with Crippen molar-refractivity contribution in [3.8, 4) is 5.75 Å². The third-order valence-electron chi connectivity index (χ3n) is 6.04. The minimum atomic E-state index is -1.00. The van der Waals surface area contributed by atoms with Gasteiger partial charge in [0.2, 0.25) is 0 Å². The second-order valence-corrected chi connectivity index (χ2v) is 9.44. The summed E-state index contributed by atoms with van der Waals surface area (Å²) in [6, 6.07) is 15.6. The minimum absolute atomic E-state index is 0.0501. The van der Waals surface area contributed by atoms with Crippen molar-refractivity contribution in [1.29, 1.82) is 0 Å². The number of carbonyl (C=O) groups is 1. The molecule has 0 saturated heterocycles. The van der Waals surface area contributed by atoms with Gasteiger partial charge < -0.3 is 14.9 Å². The molecule has 0 bridgehead atoms. The number of carboxylic acids is 1. The topological polar surface area (TPSA) is 66.8 Å². The Morgan fingerprint density at radius 1 is 1.16 bits per heavy atom. The third kappa shape index (κ3) is 6.38. The predicted molar refractivity (Wildman–Crippen MR) is 124 cm³/mol. The number of aliphatic hydroxyl groups is 1. The molecular weight excluding hydrogens is 435 g/mol. The van der Waals surface area contributed by atoms with Crippen molar-refractivity contribution >= 4 is 29.2 Å². The van der Waals surface area contributed by atoms with Crippen LogP contribution in [0.15, 0.2) is 48.5 Å². The average molecular weight is 465 g/mol. The van der Waals surface area contributed by atoms with Crippen LogP contribution in [0.5, 0.6) is 5.75 Å². The monoisotopic (exact) mass is 464 g/mol. The normalized spacial score (nSPS) is 24.1. The number of hydrogen-bond donors (Lipinski definition) is 2. The highest BCUT2D eigenvalue weighted by Crippen LogP contribution is 2.47. The molecule has 5 atom stereocenters. The van der Waals surface area contributed by atoms with E-state index >= 15 is 0 Å². The maximum Gasteiger partial charge on any atom is 0.341 e. The van der Waals surface area contributed by atoms with E-state index in [1.807, 2.05) is 30.3 Å². The number of benzene rings is 2. The fraction of sp³-hybridized carbons (Fsp3) is 0.480. The summed E-state index contributed by atoms with van der Waals surface area (Å²) in [6.07, 6.45) is 3.85. The number of alkyl halides is 2. The quantitative estimate of drug-likeness (QED) is 0.427. The molecule has 1 aliphatic rings. The minimum Gasteiger partial charge on any atom is -0.482 e. The van der Waals surface area contributed by atoms with Crippen LogP contribution >= 0.6 is 23.2 Å². The van der Waals surface area contributed by atoms with Crippen molar-refractivity contribution in [2.75, 3.05) is 6.61 Å². The summed E-state index contributed by atoms with van der Waals surface area (Å²) in [6.45, 7) is 1.75. The van der Waals surface area contributed by atoms with Gasteiger partial charge in [-0.05, 0) is 54.0 Å². The van der Waals surface area contributed by atoms with Gasteiger partial charge in [-0.1, -0.05) is 56.2 Å². The molecule has 4 nitrogen and oxygen atoms in total. The molecule has 2 N–H and O–H groups in total. The predicted octanol–water partition coefficient (Wildman–Crippen LogP) is 5.93. The maximum atomic E-state index is 10.8. The zero-order chi connectivity index (χ0) is 22.4. The van der Waals surface area contributed by atoms with Gasteiger partial charge in [-0.25, -0.2) is 4.79 Å². The molecule has 6 heteroatoms. The van der Waals surface area contributed by atoms with Gasteiger partial charge in [-0.15, -0.1) is 23.2 Å². The lowest BCUT2D eigenvalue weighted by molar-refractivity contribution is -0.139. The van der Waals surface area contributed by atoms with Gasteiger partial charge in [-0.2, -0.15) is 0 Å². The molecule has 168 valence electrons. The first kappa shape index (κ1) is 23.9. The summed E-state index contributed by atoms with van der Waals surface area (Å²) in [5.74, 6) is -0.215. The summed E-state index contributed by atoms with van der Waals surface area (Å²) < 4.78 is 5.31. The van der Waals surface area contributed by atoms with Crippen LogP contribution in [-0.4, -0.2) is 33.5 Å². The molecule has 0 spiro atoms. The Kier molecular flexibility index (Phi) is 8.65. The number of aliphatic hydroxyl groups excluding tert-OH is 1. The van der Waals surface area contributed by atoms with Gasteiger partial charge >= 0.3 is 5.97 Å². The van der Waals surface area contributed by atoms with Crippen LogP contribution in [-0.2, 0) is 11.2 Å². The van der Waals surface area contributed by atoms with Crippen molar-refractivity contribution in [2.24, 2.45) is 5.92 Å². The number of aliphatic carboxylic acids is 1. The van der Waals surface area contributed by atoms with Gasteiger partial charge in [0.15, 0.2) is 6.61 Å². The van der Waals surface area contributed by atoms with E-state index in [1.165, 1.54) is 0 Å². The highest BCUT2D eigenvalue weighted by Gasteiger charge is 2.42. The molecule has 2 aromatic rings. The molecule has 2 aromatic carbocycles. The van der Waals surface area contributed by atoms with Crippen LogP contribution in [0.2, 0.25) is 0 Å². The fourth-order valence-corrected chi connectivity index (χ4v) is 5.48. The molecular formula is C25H30Cl2O4. The van der Waals surface area contributed by atoms with E-state index in [4.69, 9.17) is 33.0 Å². The smallest absolute Gasteiger partial charge is 0.341 e. The van der Waals surface area contributed by atoms with E-state index in [9.17, 15) is 9.90 Å². The molecule has 3 rings (SSSR count). The summed E-state index contributed by atoms with van der Waals surface area (Å²) in [5, 5.41) is 19.1. The largest absolute Gasteiger partial charge is 0.482 e. The number of unbranched alkanes of at least 4 members (excludes halogenated alkanes) is 1. The van der Waals surface area contributed by atoms with Gasteiger partial charge in [-0.3, -0.25) is 0 Å². The van der Waals surface area contributed by atoms with E-state index in [0.29, 0.717) is 5.75 Å². The van der Waals surface area contributed by atoms with Gasteiger partial charge in [0.1, 0.15) is 5.75 Å². The second kappa shape index (κ2) is 11.2. The van der Waals surface area contributed by atoms with Crippen LogP contribution in [0.1, 0.15) is 61.3 Å². The zero-order valence-electron chi connectivity index (χ0n) is 17.7. The van der Waals surface area contributed by atoms with E-state index in [2.05, 4.69) is 19.1 Å². The van der Waals surface area contributed by atoms with Crippen LogP contribution in [0.4, 0.5) is 0 Å². The number of rotatable bonds is 10. The van der Waals surface area contributed by atoms with Crippen molar-refractivity contribution in [2.45, 2.75) is 61.8 Å². The Morgan fingerprint density at radius 2 is 1.90 bits per heavy atom. The lowest BCUT2D eigenvalue weighted by atomic mass is 9.84. The lowest BCUT2D eigenvalue weighted by Gasteiger charge is -2.24. The van der Waals surface area contributed by atoms with Crippen LogP contribution in [0.3, 0.4) is 0 Å². The lowest BCUT2D eigenvalue weighted by Crippen LogP contribution is -2.19. The maximum absolute atomic E-state index is 10.8. The van der Waals surface area contributed by atoms with Crippen molar-refractivity contribution in [3.63, 3.8) is 0 Å². The molecule has 5 unspecified atom stereocenters. The SMILES string of the molecule is CCCCC(O)c1ccc(C2C(Cl)CC(Cl)C2Cc2cccc(OCC(=O)O)c2)cc1. The first-order chi connectivity index (χ1) is 14.9. The first-order valence-corrected chi connectivity index (χ1v) is 11.8. The van der Waals surface area contributed by atoms with E-state index in [-0.39, 0.29) is 29.2 Å². The molecule has 1 aliphatic carbocycles. The average Bonchev–Trinajstić information content (AvgIpc) is 3.03. The standard InChI is InChI=1S/C25H30Cl2O4/c1-2-3-7-23(28)17-8-10-18(11-9-17)25-20(21(26)14-22(25)27)13-16-5-4-6-19(12-16)31-15-24(29)30/h4-6,8-12,20-23,25,28H,2-3,7,13-15H2,1H3,(H,29,30). The summed E-state index contributed by atoms with van der Waals surface area (Å²) in [5.41, 5.74) is 3.11.